The van der Waals surface area contributed by atoms with Crippen LogP contribution in [0.4, 0.5) is 0 Å². The number of hydrogen-bond acceptors (Lipinski definition) is 3. The van der Waals surface area contributed by atoms with Crippen LogP contribution in [0.1, 0.15) is 17.0 Å². The zero-order valence-corrected chi connectivity index (χ0v) is 15.3. The van der Waals surface area contributed by atoms with E-state index < -0.39 is 5.92 Å². The largest absolute Gasteiger partial charge is 0.456 e. The molecule has 4 heteroatoms. The van der Waals surface area contributed by atoms with Gasteiger partial charge in [-0.25, -0.2) is 0 Å². The number of para-hydroxylation sites is 1. The van der Waals surface area contributed by atoms with Gasteiger partial charge in [-0.2, -0.15) is 0 Å². The molecule has 0 saturated heterocycles. The van der Waals surface area contributed by atoms with Gasteiger partial charge in [0.1, 0.15) is 17.8 Å². The molecule has 2 nitrogen and oxygen atoms in total. The molecular weight excluding hydrogens is 364 g/mol. The van der Waals surface area contributed by atoms with E-state index in [1.807, 2.05) is 78.9 Å². The number of carbonyl (C=O) groups excluding carboxylic acids is 1. The smallest absolute Gasteiger partial charge is 0.145 e. The van der Waals surface area contributed by atoms with Gasteiger partial charge in [0, 0.05) is 20.9 Å². The SMILES string of the molecule is O=CC1C(Sc2ccccc2Cl)=C(c2ccccc2)Oc2ccccc21. The number of rotatable bonds is 4. The second-order valence-corrected chi connectivity index (χ2v) is 7.34. The maximum absolute atomic E-state index is 12.0. The Kier molecular flexibility index (Phi) is 4.83. The molecule has 3 aromatic carbocycles. The number of allylic oxidation sites excluding steroid dienone is 1. The maximum Gasteiger partial charge on any atom is 0.145 e. The Bertz CT molecular complexity index is 982. The van der Waals surface area contributed by atoms with Crippen molar-refractivity contribution in [2.24, 2.45) is 0 Å². The minimum Gasteiger partial charge on any atom is -0.456 e. The summed E-state index contributed by atoms with van der Waals surface area (Å²) in [6, 6.07) is 25.1. The van der Waals surface area contributed by atoms with Crippen molar-refractivity contribution in [3.8, 4) is 5.75 Å². The predicted octanol–water partition coefficient (Wildman–Crippen LogP) is 6.18. The third-order valence-corrected chi connectivity index (χ3v) is 5.88. The summed E-state index contributed by atoms with van der Waals surface area (Å²) in [4.78, 5) is 13.8. The number of hydrogen-bond donors (Lipinski definition) is 0. The third kappa shape index (κ3) is 3.16. The van der Waals surface area contributed by atoms with E-state index in [-0.39, 0.29) is 0 Å². The maximum atomic E-state index is 12.0. The molecule has 0 aliphatic carbocycles. The first kappa shape index (κ1) is 17.0. The van der Waals surface area contributed by atoms with Gasteiger partial charge in [0.05, 0.1) is 10.9 Å². The van der Waals surface area contributed by atoms with Gasteiger partial charge < -0.3 is 9.53 Å². The number of carbonyl (C=O) groups is 1. The van der Waals surface area contributed by atoms with Crippen molar-refractivity contribution in [2.45, 2.75) is 10.8 Å². The lowest BCUT2D eigenvalue weighted by Crippen LogP contribution is -2.14. The molecule has 1 atom stereocenters. The van der Waals surface area contributed by atoms with Crippen LogP contribution in [0.25, 0.3) is 5.76 Å². The monoisotopic (exact) mass is 378 g/mol. The number of ether oxygens (including phenoxy) is 1. The molecule has 0 radical (unpaired) electrons. The summed E-state index contributed by atoms with van der Waals surface area (Å²) in [6.07, 6.45) is 0.976. The van der Waals surface area contributed by atoms with Crippen molar-refractivity contribution in [3.05, 3.63) is 99.9 Å². The van der Waals surface area contributed by atoms with Crippen LogP contribution < -0.4 is 4.74 Å². The molecule has 0 saturated carbocycles. The molecule has 1 unspecified atom stereocenters. The van der Waals surface area contributed by atoms with E-state index in [1.165, 1.54) is 11.8 Å². The lowest BCUT2D eigenvalue weighted by Gasteiger charge is -2.27. The Hall–Kier alpha value is -2.49. The van der Waals surface area contributed by atoms with E-state index in [0.29, 0.717) is 16.5 Å². The van der Waals surface area contributed by atoms with Crippen molar-refractivity contribution in [1.29, 1.82) is 0 Å². The van der Waals surface area contributed by atoms with Gasteiger partial charge in [-0.3, -0.25) is 0 Å². The summed E-state index contributed by atoms with van der Waals surface area (Å²) in [5.41, 5.74) is 1.81. The Balaban J connectivity index is 1.89. The quantitative estimate of drug-likeness (QED) is 0.507. The van der Waals surface area contributed by atoms with Gasteiger partial charge in [0.25, 0.3) is 0 Å². The Labute approximate surface area is 161 Å². The first-order chi connectivity index (χ1) is 12.8. The molecule has 0 amide bonds. The van der Waals surface area contributed by atoms with Gasteiger partial charge in [0.2, 0.25) is 0 Å². The van der Waals surface area contributed by atoms with E-state index in [2.05, 4.69) is 0 Å². The predicted molar refractivity (Wildman–Crippen MR) is 107 cm³/mol. The topological polar surface area (TPSA) is 26.3 Å². The molecule has 26 heavy (non-hydrogen) atoms. The highest BCUT2D eigenvalue weighted by Crippen LogP contribution is 2.49. The summed E-state index contributed by atoms with van der Waals surface area (Å²) in [5.74, 6) is 1.02. The molecule has 4 rings (SSSR count). The average Bonchev–Trinajstić information content (AvgIpc) is 2.69. The molecule has 128 valence electrons. The molecule has 0 aromatic heterocycles. The fourth-order valence-electron chi connectivity index (χ4n) is 2.95. The first-order valence-electron chi connectivity index (χ1n) is 8.22. The summed E-state index contributed by atoms with van der Waals surface area (Å²) < 4.78 is 6.23. The zero-order valence-electron chi connectivity index (χ0n) is 13.8. The fraction of sp³-hybridized carbons (Fsp3) is 0.0455. The average molecular weight is 379 g/mol. The Morgan fingerprint density at radius 3 is 2.35 bits per heavy atom. The standard InChI is InChI=1S/C22H15ClO2S/c23-18-11-5-7-13-20(18)26-22-17(14-24)16-10-4-6-12-19(16)25-21(22)15-8-2-1-3-9-15/h1-14,17H. The van der Waals surface area contributed by atoms with Gasteiger partial charge >= 0.3 is 0 Å². The molecule has 0 spiro atoms. The normalized spacial score (nSPS) is 16.0. The van der Waals surface area contributed by atoms with Crippen molar-refractivity contribution >= 4 is 35.4 Å². The summed E-state index contributed by atoms with van der Waals surface area (Å²) in [5, 5.41) is 0.654. The van der Waals surface area contributed by atoms with Crippen LogP contribution in [0.15, 0.2) is 88.7 Å². The Morgan fingerprint density at radius 1 is 0.885 bits per heavy atom. The lowest BCUT2D eigenvalue weighted by molar-refractivity contribution is -0.108. The van der Waals surface area contributed by atoms with Crippen molar-refractivity contribution in [2.75, 3.05) is 0 Å². The minimum atomic E-state index is -0.392. The molecule has 1 aliphatic heterocycles. The van der Waals surface area contributed by atoms with E-state index >= 15 is 0 Å². The molecule has 0 bridgehead atoms. The van der Waals surface area contributed by atoms with Crippen LogP contribution in [0, 0.1) is 0 Å². The number of fused-ring (bicyclic) bond motifs is 1. The van der Waals surface area contributed by atoms with Crippen molar-refractivity contribution in [1.82, 2.24) is 0 Å². The van der Waals surface area contributed by atoms with Gasteiger partial charge in [-0.15, -0.1) is 0 Å². The second-order valence-electron chi connectivity index (χ2n) is 5.85. The summed E-state index contributed by atoms with van der Waals surface area (Å²) in [6.45, 7) is 0. The fourth-order valence-corrected chi connectivity index (χ4v) is 4.32. The highest BCUT2D eigenvalue weighted by Gasteiger charge is 2.31. The van der Waals surface area contributed by atoms with Gasteiger partial charge in [-0.05, 0) is 18.2 Å². The van der Waals surface area contributed by atoms with E-state index in [0.717, 1.165) is 27.2 Å². The molecule has 3 aromatic rings. The zero-order chi connectivity index (χ0) is 17.9. The van der Waals surface area contributed by atoms with E-state index in [4.69, 9.17) is 16.3 Å². The molecular formula is C22H15ClO2S. The van der Waals surface area contributed by atoms with Crippen LogP contribution in [0.2, 0.25) is 5.02 Å². The Morgan fingerprint density at radius 2 is 1.58 bits per heavy atom. The number of halogens is 1. The third-order valence-electron chi connectivity index (χ3n) is 4.20. The summed E-state index contributed by atoms with van der Waals surface area (Å²) >= 11 is 7.84. The first-order valence-corrected chi connectivity index (χ1v) is 9.41. The van der Waals surface area contributed by atoms with Gasteiger partial charge in [0.15, 0.2) is 0 Å². The number of benzene rings is 3. The molecule has 0 N–H and O–H groups in total. The molecule has 0 fully saturated rings. The van der Waals surface area contributed by atoms with Crippen LogP contribution >= 0.6 is 23.4 Å². The second kappa shape index (κ2) is 7.40. The van der Waals surface area contributed by atoms with Crippen molar-refractivity contribution < 1.29 is 9.53 Å². The van der Waals surface area contributed by atoms with Crippen LogP contribution in [-0.2, 0) is 4.79 Å². The molecule has 1 aliphatic rings. The number of thioether (sulfide) groups is 1. The van der Waals surface area contributed by atoms with E-state index in [9.17, 15) is 4.79 Å². The molecule has 1 heterocycles. The lowest BCUT2D eigenvalue weighted by atomic mass is 9.95. The highest BCUT2D eigenvalue weighted by atomic mass is 35.5. The van der Waals surface area contributed by atoms with E-state index in [1.54, 1.807) is 0 Å². The van der Waals surface area contributed by atoms with Crippen LogP contribution in [-0.4, -0.2) is 6.29 Å². The van der Waals surface area contributed by atoms with Crippen LogP contribution in [0.5, 0.6) is 5.75 Å². The van der Waals surface area contributed by atoms with Crippen LogP contribution in [0.3, 0.4) is 0 Å². The van der Waals surface area contributed by atoms with Crippen molar-refractivity contribution in [3.63, 3.8) is 0 Å². The minimum absolute atomic E-state index is 0.392. The number of aldehydes is 1. The highest BCUT2D eigenvalue weighted by molar-refractivity contribution is 8.03. The summed E-state index contributed by atoms with van der Waals surface area (Å²) in [7, 11) is 0. The van der Waals surface area contributed by atoms with Gasteiger partial charge in [-0.1, -0.05) is 84.0 Å².